The number of benzene rings is 3. The number of aryl methyl sites for hydroxylation is 1. The minimum absolute atomic E-state index is 0.0465. The number of carbonyl (C=O) groups excluding carboxylic acids is 2. The van der Waals surface area contributed by atoms with E-state index < -0.39 is 5.66 Å². The third-order valence-electron chi connectivity index (χ3n) is 5.90. The van der Waals surface area contributed by atoms with E-state index in [1.807, 2.05) is 89.5 Å². The minimum Gasteiger partial charge on any atom is -0.306 e. The molecule has 5 rings (SSSR count). The van der Waals surface area contributed by atoms with Crippen LogP contribution in [0.15, 0.2) is 72.8 Å². The Morgan fingerprint density at radius 2 is 1.62 bits per heavy atom. The van der Waals surface area contributed by atoms with E-state index in [-0.39, 0.29) is 11.8 Å². The number of halogens is 1. The molecule has 0 aliphatic carbocycles. The van der Waals surface area contributed by atoms with E-state index in [0.717, 1.165) is 16.7 Å². The monoisotopic (exact) mass is 402 g/mol. The second kappa shape index (κ2) is 6.46. The third-order valence-corrected chi connectivity index (χ3v) is 6.15. The van der Waals surface area contributed by atoms with Gasteiger partial charge in [-0.05, 0) is 37.3 Å². The largest absolute Gasteiger partial charge is 0.306 e. The van der Waals surface area contributed by atoms with Gasteiger partial charge in [0.2, 0.25) is 0 Å². The van der Waals surface area contributed by atoms with E-state index in [1.165, 1.54) is 0 Å². The van der Waals surface area contributed by atoms with Gasteiger partial charge in [0, 0.05) is 40.4 Å². The van der Waals surface area contributed by atoms with Crippen molar-refractivity contribution in [2.75, 3.05) is 13.1 Å². The van der Waals surface area contributed by atoms with Crippen LogP contribution in [-0.4, -0.2) is 34.7 Å². The molecule has 2 heterocycles. The highest BCUT2D eigenvalue weighted by Gasteiger charge is 2.59. The lowest BCUT2D eigenvalue weighted by Crippen LogP contribution is -2.51. The van der Waals surface area contributed by atoms with Crippen LogP contribution >= 0.6 is 11.6 Å². The molecule has 0 spiro atoms. The number of amides is 2. The van der Waals surface area contributed by atoms with E-state index in [4.69, 9.17) is 11.6 Å². The van der Waals surface area contributed by atoms with Crippen molar-refractivity contribution in [3.8, 4) is 0 Å². The molecule has 0 N–H and O–H groups in total. The van der Waals surface area contributed by atoms with Crippen LogP contribution in [0.5, 0.6) is 0 Å². The maximum atomic E-state index is 13.6. The summed E-state index contributed by atoms with van der Waals surface area (Å²) in [5, 5.41) is 0.615. The highest BCUT2D eigenvalue weighted by atomic mass is 35.5. The molecule has 3 aromatic carbocycles. The van der Waals surface area contributed by atoms with E-state index in [0.29, 0.717) is 29.2 Å². The summed E-state index contributed by atoms with van der Waals surface area (Å²) < 4.78 is 0. The van der Waals surface area contributed by atoms with Crippen molar-refractivity contribution in [1.29, 1.82) is 0 Å². The Morgan fingerprint density at radius 1 is 0.931 bits per heavy atom. The minimum atomic E-state index is -0.958. The van der Waals surface area contributed by atoms with Gasteiger partial charge in [0.25, 0.3) is 11.8 Å². The average Bonchev–Trinajstić information content (AvgIpc) is 3.25. The summed E-state index contributed by atoms with van der Waals surface area (Å²) in [6.45, 7) is 2.94. The van der Waals surface area contributed by atoms with Gasteiger partial charge in [-0.15, -0.1) is 0 Å². The van der Waals surface area contributed by atoms with Crippen LogP contribution in [0.25, 0.3) is 0 Å². The fraction of sp³-hybridized carbons (Fsp3) is 0.167. The van der Waals surface area contributed by atoms with Crippen molar-refractivity contribution in [3.05, 3.63) is 106 Å². The molecule has 1 fully saturated rings. The summed E-state index contributed by atoms with van der Waals surface area (Å²) in [4.78, 5) is 30.5. The summed E-state index contributed by atoms with van der Waals surface area (Å²) in [6, 6.07) is 22.6. The van der Waals surface area contributed by atoms with Crippen LogP contribution in [0, 0.1) is 6.92 Å². The fourth-order valence-corrected chi connectivity index (χ4v) is 4.70. The Balaban J connectivity index is 1.74. The molecule has 2 aliphatic rings. The molecule has 0 aromatic heterocycles. The van der Waals surface area contributed by atoms with E-state index >= 15 is 0 Å². The van der Waals surface area contributed by atoms with Crippen molar-refractivity contribution in [3.63, 3.8) is 0 Å². The summed E-state index contributed by atoms with van der Waals surface area (Å²) in [7, 11) is 0. The van der Waals surface area contributed by atoms with E-state index in [9.17, 15) is 9.59 Å². The van der Waals surface area contributed by atoms with Gasteiger partial charge in [-0.25, -0.2) is 0 Å². The zero-order valence-corrected chi connectivity index (χ0v) is 16.7. The van der Waals surface area contributed by atoms with Gasteiger partial charge in [0.15, 0.2) is 5.66 Å². The maximum absolute atomic E-state index is 13.6. The number of fused-ring (bicyclic) bond motifs is 3. The normalized spacial score (nSPS) is 20.0. The van der Waals surface area contributed by atoms with E-state index in [2.05, 4.69) is 0 Å². The van der Waals surface area contributed by atoms with Gasteiger partial charge in [0.05, 0.1) is 0 Å². The Labute approximate surface area is 174 Å². The van der Waals surface area contributed by atoms with Gasteiger partial charge < -0.3 is 9.80 Å². The second-order valence-electron chi connectivity index (χ2n) is 7.50. The molecule has 0 unspecified atom stereocenters. The molecule has 144 valence electrons. The number of hydrogen-bond acceptors (Lipinski definition) is 2. The molecule has 0 saturated carbocycles. The van der Waals surface area contributed by atoms with E-state index in [1.54, 1.807) is 0 Å². The molecule has 1 saturated heterocycles. The Hall–Kier alpha value is -3.11. The predicted molar refractivity (Wildman–Crippen MR) is 112 cm³/mol. The molecule has 5 heteroatoms. The first kappa shape index (κ1) is 18.0. The molecule has 29 heavy (non-hydrogen) atoms. The molecular formula is C24H19ClN2O2. The van der Waals surface area contributed by atoms with Crippen molar-refractivity contribution in [2.45, 2.75) is 12.6 Å². The van der Waals surface area contributed by atoms with Crippen molar-refractivity contribution in [2.24, 2.45) is 0 Å². The Morgan fingerprint density at radius 3 is 2.34 bits per heavy atom. The lowest BCUT2D eigenvalue weighted by atomic mass is 9.89. The Bertz CT molecular complexity index is 1120. The molecule has 3 aromatic rings. The van der Waals surface area contributed by atoms with Crippen LogP contribution in [0.4, 0.5) is 0 Å². The molecule has 4 nitrogen and oxygen atoms in total. The number of carbonyl (C=O) groups is 2. The smallest absolute Gasteiger partial charge is 0.256 e. The van der Waals surface area contributed by atoms with Gasteiger partial charge in [-0.1, -0.05) is 59.6 Å². The molecule has 2 amide bonds. The van der Waals surface area contributed by atoms with Crippen LogP contribution < -0.4 is 0 Å². The molecule has 1 atom stereocenters. The van der Waals surface area contributed by atoms with Gasteiger partial charge in [-0.3, -0.25) is 9.59 Å². The summed E-state index contributed by atoms with van der Waals surface area (Å²) in [5.41, 5.74) is 3.09. The van der Waals surface area contributed by atoms with Crippen molar-refractivity contribution < 1.29 is 9.59 Å². The molecule has 0 radical (unpaired) electrons. The predicted octanol–water partition coefficient (Wildman–Crippen LogP) is 4.46. The summed E-state index contributed by atoms with van der Waals surface area (Å²) in [5.74, 6) is -0.137. The lowest BCUT2D eigenvalue weighted by molar-refractivity contribution is 0.0375. The first-order chi connectivity index (χ1) is 14.0. The number of nitrogens with zero attached hydrogens (tertiary/aromatic N) is 2. The second-order valence-corrected chi connectivity index (χ2v) is 7.94. The van der Waals surface area contributed by atoms with Crippen LogP contribution in [0.3, 0.4) is 0 Å². The number of hydrogen-bond donors (Lipinski definition) is 0. The summed E-state index contributed by atoms with van der Waals surface area (Å²) >= 11 is 6.14. The van der Waals surface area contributed by atoms with Gasteiger partial charge >= 0.3 is 0 Å². The van der Waals surface area contributed by atoms with Crippen LogP contribution in [0.2, 0.25) is 5.02 Å². The first-order valence-electron chi connectivity index (χ1n) is 9.59. The fourth-order valence-electron chi connectivity index (χ4n) is 4.58. The standard InChI is InChI=1S/C24H19ClN2O2/c1-16-6-8-17(9-7-16)22(28)26-14-15-27-23(29)20-4-2-3-5-21(20)24(26,27)18-10-12-19(25)13-11-18/h2-13H,14-15H2,1H3/t24-/m0/s1. The zero-order valence-electron chi connectivity index (χ0n) is 15.9. The zero-order chi connectivity index (χ0) is 20.2. The van der Waals surface area contributed by atoms with Crippen LogP contribution in [0.1, 0.15) is 37.4 Å². The first-order valence-corrected chi connectivity index (χ1v) is 9.97. The third kappa shape index (κ3) is 2.45. The average molecular weight is 403 g/mol. The molecular weight excluding hydrogens is 384 g/mol. The van der Waals surface area contributed by atoms with Crippen molar-refractivity contribution in [1.82, 2.24) is 9.80 Å². The molecule has 0 bridgehead atoms. The van der Waals surface area contributed by atoms with Gasteiger partial charge in [-0.2, -0.15) is 0 Å². The SMILES string of the molecule is Cc1ccc(C(=O)N2CCN3C(=O)c4ccccc4[C@@]23c2ccc(Cl)cc2)cc1. The Kier molecular flexibility index (Phi) is 4.00. The number of rotatable bonds is 2. The quantitative estimate of drug-likeness (QED) is 0.635. The highest BCUT2D eigenvalue weighted by molar-refractivity contribution is 6.30. The van der Waals surface area contributed by atoms with Gasteiger partial charge in [0.1, 0.15) is 0 Å². The summed E-state index contributed by atoms with van der Waals surface area (Å²) in [6.07, 6.45) is 0. The lowest BCUT2D eigenvalue weighted by Gasteiger charge is -2.40. The topological polar surface area (TPSA) is 40.6 Å². The van der Waals surface area contributed by atoms with Crippen LogP contribution in [-0.2, 0) is 5.66 Å². The maximum Gasteiger partial charge on any atom is 0.256 e. The molecule has 2 aliphatic heterocycles. The van der Waals surface area contributed by atoms with Crippen molar-refractivity contribution >= 4 is 23.4 Å². The highest BCUT2D eigenvalue weighted by Crippen LogP contribution is 2.50.